The molecule has 0 unspecified atom stereocenters. The Labute approximate surface area is 119 Å². The SMILES string of the molecule is COc1ccc(C)cc1CC(=O)c1ccc(C)c(N)c1. The predicted octanol–water partition coefficient (Wildman–Crippen LogP) is 3.32. The van der Waals surface area contributed by atoms with Gasteiger partial charge in [-0.3, -0.25) is 4.79 Å². The van der Waals surface area contributed by atoms with Gasteiger partial charge in [-0.2, -0.15) is 0 Å². The lowest BCUT2D eigenvalue weighted by molar-refractivity contribution is 0.0992. The van der Waals surface area contributed by atoms with E-state index in [0.29, 0.717) is 17.7 Å². The van der Waals surface area contributed by atoms with Crippen molar-refractivity contribution in [3.63, 3.8) is 0 Å². The van der Waals surface area contributed by atoms with Crippen LogP contribution >= 0.6 is 0 Å². The molecule has 0 aliphatic rings. The number of hydrogen-bond acceptors (Lipinski definition) is 3. The summed E-state index contributed by atoms with van der Waals surface area (Å²) in [7, 11) is 1.61. The lowest BCUT2D eigenvalue weighted by Crippen LogP contribution is -2.06. The van der Waals surface area contributed by atoms with E-state index in [9.17, 15) is 4.79 Å². The molecule has 0 bridgehead atoms. The maximum atomic E-state index is 12.3. The lowest BCUT2D eigenvalue weighted by Gasteiger charge is -2.09. The maximum Gasteiger partial charge on any atom is 0.167 e. The number of Topliss-reactive ketones (excluding diaryl/α,β-unsaturated/α-hetero) is 1. The fourth-order valence-corrected chi connectivity index (χ4v) is 2.13. The van der Waals surface area contributed by atoms with E-state index >= 15 is 0 Å². The van der Waals surface area contributed by atoms with Crippen LogP contribution in [0.2, 0.25) is 0 Å². The Bertz CT molecular complexity index is 647. The zero-order valence-electron chi connectivity index (χ0n) is 12.1. The molecule has 0 radical (unpaired) electrons. The van der Waals surface area contributed by atoms with Crippen molar-refractivity contribution >= 4 is 11.5 Å². The van der Waals surface area contributed by atoms with Gasteiger partial charge in [-0.15, -0.1) is 0 Å². The van der Waals surface area contributed by atoms with Crippen molar-refractivity contribution < 1.29 is 9.53 Å². The fourth-order valence-electron chi connectivity index (χ4n) is 2.13. The number of ether oxygens (including phenoxy) is 1. The maximum absolute atomic E-state index is 12.3. The van der Waals surface area contributed by atoms with Gasteiger partial charge < -0.3 is 10.5 Å². The molecule has 3 nitrogen and oxygen atoms in total. The molecule has 0 atom stereocenters. The van der Waals surface area contributed by atoms with Gasteiger partial charge in [-0.25, -0.2) is 0 Å². The number of nitrogens with two attached hydrogens (primary N) is 1. The standard InChI is InChI=1S/C17H19NO2/c1-11-4-7-17(20-3)14(8-11)10-16(19)13-6-5-12(2)15(18)9-13/h4-9H,10,18H2,1-3H3. The highest BCUT2D eigenvalue weighted by Gasteiger charge is 2.12. The smallest absolute Gasteiger partial charge is 0.167 e. The topological polar surface area (TPSA) is 52.3 Å². The van der Waals surface area contributed by atoms with Crippen molar-refractivity contribution in [2.75, 3.05) is 12.8 Å². The third-order valence-corrected chi connectivity index (χ3v) is 3.39. The Balaban J connectivity index is 2.27. The van der Waals surface area contributed by atoms with E-state index in [1.807, 2.05) is 44.2 Å². The molecule has 0 fully saturated rings. The number of ketones is 1. The molecule has 2 rings (SSSR count). The van der Waals surface area contributed by atoms with Crippen LogP contribution in [0.25, 0.3) is 0 Å². The zero-order chi connectivity index (χ0) is 14.7. The van der Waals surface area contributed by atoms with Crippen molar-refractivity contribution in [2.45, 2.75) is 20.3 Å². The van der Waals surface area contributed by atoms with Crippen LogP contribution in [-0.2, 0) is 6.42 Å². The van der Waals surface area contributed by atoms with Crippen LogP contribution in [0.4, 0.5) is 5.69 Å². The van der Waals surface area contributed by atoms with Gasteiger partial charge in [-0.05, 0) is 31.5 Å². The van der Waals surface area contributed by atoms with Crippen LogP contribution < -0.4 is 10.5 Å². The number of aryl methyl sites for hydroxylation is 2. The largest absolute Gasteiger partial charge is 0.496 e. The van der Waals surface area contributed by atoms with Gasteiger partial charge in [0.1, 0.15) is 5.75 Å². The first-order chi connectivity index (χ1) is 9.51. The summed E-state index contributed by atoms with van der Waals surface area (Å²) in [5.41, 5.74) is 10.1. The van der Waals surface area contributed by atoms with E-state index in [4.69, 9.17) is 10.5 Å². The van der Waals surface area contributed by atoms with Gasteiger partial charge in [0.25, 0.3) is 0 Å². The quantitative estimate of drug-likeness (QED) is 0.684. The van der Waals surface area contributed by atoms with Crippen molar-refractivity contribution in [1.29, 1.82) is 0 Å². The van der Waals surface area contributed by atoms with Crippen molar-refractivity contribution in [3.05, 3.63) is 58.7 Å². The third kappa shape index (κ3) is 2.99. The second kappa shape index (κ2) is 5.78. The van der Waals surface area contributed by atoms with Crippen LogP contribution in [0.5, 0.6) is 5.75 Å². The molecule has 104 valence electrons. The molecule has 0 saturated carbocycles. The minimum absolute atomic E-state index is 0.0422. The number of methoxy groups -OCH3 is 1. The van der Waals surface area contributed by atoms with Crippen LogP contribution in [0.15, 0.2) is 36.4 Å². The molecule has 0 aliphatic heterocycles. The van der Waals surface area contributed by atoms with Crippen LogP contribution in [0.1, 0.15) is 27.0 Å². The van der Waals surface area contributed by atoms with E-state index in [0.717, 1.165) is 22.4 Å². The summed E-state index contributed by atoms with van der Waals surface area (Å²) in [6.07, 6.45) is 0.313. The molecule has 3 heteroatoms. The van der Waals surface area contributed by atoms with Crippen molar-refractivity contribution in [3.8, 4) is 5.75 Å². The highest BCUT2D eigenvalue weighted by molar-refractivity contribution is 5.98. The number of hydrogen-bond donors (Lipinski definition) is 1. The Morgan fingerprint density at radius 1 is 1.15 bits per heavy atom. The molecule has 2 aromatic rings. The summed E-state index contributed by atoms with van der Waals surface area (Å²) < 4.78 is 5.30. The molecule has 0 amide bonds. The first-order valence-electron chi connectivity index (χ1n) is 6.54. The number of carbonyl (C=O) groups is 1. The Kier molecular flexibility index (Phi) is 4.08. The van der Waals surface area contributed by atoms with E-state index in [1.165, 1.54) is 0 Å². The van der Waals surface area contributed by atoms with Crippen molar-refractivity contribution in [2.24, 2.45) is 0 Å². The second-order valence-corrected chi connectivity index (χ2v) is 4.99. The molecule has 0 spiro atoms. The predicted molar refractivity (Wildman–Crippen MR) is 81.4 cm³/mol. The highest BCUT2D eigenvalue weighted by atomic mass is 16.5. The Morgan fingerprint density at radius 2 is 1.90 bits per heavy atom. The Hall–Kier alpha value is -2.29. The van der Waals surface area contributed by atoms with Crippen molar-refractivity contribution in [1.82, 2.24) is 0 Å². The Morgan fingerprint density at radius 3 is 2.55 bits per heavy atom. The molecular formula is C17H19NO2. The first kappa shape index (κ1) is 14.1. The second-order valence-electron chi connectivity index (χ2n) is 4.99. The van der Waals surface area contributed by atoms with Crippen LogP contribution in [0, 0.1) is 13.8 Å². The van der Waals surface area contributed by atoms with Gasteiger partial charge >= 0.3 is 0 Å². The van der Waals surface area contributed by atoms with Gasteiger partial charge in [-0.1, -0.05) is 29.8 Å². The third-order valence-electron chi connectivity index (χ3n) is 3.39. The number of carbonyl (C=O) groups excluding carboxylic acids is 1. The summed E-state index contributed by atoms with van der Waals surface area (Å²) in [6.45, 7) is 3.92. The minimum atomic E-state index is 0.0422. The molecule has 0 heterocycles. The molecule has 0 saturated heterocycles. The van der Waals surface area contributed by atoms with E-state index in [2.05, 4.69) is 0 Å². The minimum Gasteiger partial charge on any atom is -0.496 e. The number of rotatable bonds is 4. The van der Waals surface area contributed by atoms with Crippen LogP contribution in [0.3, 0.4) is 0 Å². The summed E-state index contributed by atoms with van der Waals surface area (Å²) in [5.74, 6) is 0.782. The average molecular weight is 269 g/mol. The molecule has 2 aromatic carbocycles. The normalized spacial score (nSPS) is 10.3. The number of benzene rings is 2. The first-order valence-corrected chi connectivity index (χ1v) is 6.54. The summed E-state index contributed by atoms with van der Waals surface area (Å²) >= 11 is 0. The zero-order valence-corrected chi connectivity index (χ0v) is 12.1. The van der Waals surface area contributed by atoms with E-state index in [-0.39, 0.29) is 5.78 Å². The fraction of sp³-hybridized carbons (Fsp3) is 0.235. The van der Waals surface area contributed by atoms with Gasteiger partial charge in [0, 0.05) is 23.2 Å². The van der Waals surface area contributed by atoms with E-state index < -0.39 is 0 Å². The monoisotopic (exact) mass is 269 g/mol. The molecule has 20 heavy (non-hydrogen) atoms. The summed E-state index contributed by atoms with van der Waals surface area (Å²) in [4.78, 5) is 12.3. The molecule has 0 aliphatic carbocycles. The van der Waals surface area contributed by atoms with Crippen LogP contribution in [-0.4, -0.2) is 12.9 Å². The van der Waals surface area contributed by atoms with Gasteiger partial charge in [0.2, 0.25) is 0 Å². The van der Waals surface area contributed by atoms with Gasteiger partial charge in [0.05, 0.1) is 7.11 Å². The number of anilines is 1. The molecular weight excluding hydrogens is 250 g/mol. The summed E-state index contributed by atoms with van der Waals surface area (Å²) in [5, 5.41) is 0. The highest BCUT2D eigenvalue weighted by Crippen LogP contribution is 2.22. The summed E-state index contributed by atoms with van der Waals surface area (Å²) in [6, 6.07) is 11.3. The molecule has 0 aromatic heterocycles. The molecule has 2 N–H and O–H groups in total. The number of nitrogen functional groups attached to an aromatic ring is 1. The average Bonchev–Trinajstić information content (AvgIpc) is 2.42. The lowest BCUT2D eigenvalue weighted by atomic mass is 9.99. The van der Waals surface area contributed by atoms with E-state index in [1.54, 1.807) is 13.2 Å². The van der Waals surface area contributed by atoms with Gasteiger partial charge in [0.15, 0.2) is 5.78 Å².